The number of nitrogens with one attached hydrogen (secondary N) is 1. The second-order valence-electron chi connectivity index (χ2n) is 7.36. The number of benzene rings is 1. The number of hydrogen-bond acceptors (Lipinski definition) is 4. The summed E-state index contributed by atoms with van der Waals surface area (Å²) in [4.78, 5) is 40.3. The van der Waals surface area contributed by atoms with Gasteiger partial charge in [-0.25, -0.2) is 0 Å². The predicted molar refractivity (Wildman–Crippen MR) is 101 cm³/mol. The molecule has 0 aliphatic carbocycles. The van der Waals surface area contributed by atoms with Gasteiger partial charge in [0, 0.05) is 38.2 Å². The van der Waals surface area contributed by atoms with E-state index in [1.165, 1.54) is 31.2 Å². The Morgan fingerprint density at radius 1 is 1.07 bits per heavy atom. The second-order valence-corrected chi connectivity index (χ2v) is 7.36. The first-order valence-electron chi connectivity index (χ1n) is 9.77. The molecule has 3 amide bonds. The Kier molecular flexibility index (Phi) is 6.66. The standard InChI is InChI=1S/C20H25F2N3O4/c1-13(26)25-10-2-3-17(25)19(28)24-11-8-14(9-12-24)18(27)23-15-4-6-16(7-5-15)29-20(21)22/h4-7,14,17,20H,2-3,8-12H2,1H3,(H,23,27)/t17-/m1/s1. The lowest BCUT2D eigenvalue weighted by atomic mass is 9.95. The maximum atomic E-state index is 12.8. The summed E-state index contributed by atoms with van der Waals surface area (Å²) in [6.45, 7) is 0.149. The van der Waals surface area contributed by atoms with Crippen LogP contribution in [0.5, 0.6) is 5.75 Å². The number of ether oxygens (including phenoxy) is 1. The smallest absolute Gasteiger partial charge is 0.387 e. The summed E-state index contributed by atoms with van der Waals surface area (Å²) in [6, 6.07) is 5.36. The average Bonchev–Trinajstić information content (AvgIpc) is 3.19. The highest BCUT2D eigenvalue weighted by Crippen LogP contribution is 2.25. The molecule has 2 aliphatic heterocycles. The highest BCUT2D eigenvalue weighted by Gasteiger charge is 2.37. The van der Waals surface area contributed by atoms with Gasteiger partial charge in [0.05, 0.1) is 0 Å². The van der Waals surface area contributed by atoms with E-state index in [1.54, 1.807) is 9.80 Å². The van der Waals surface area contributed by atoms with Gasteiger partial charge in [-0.2, -0.15) is 8.78 Å². The normalized spacial score (nSPS) is 20.1. The Hall–Kier alpha value is -2.71. The number of rotatable bonds is 5. The van der Waals surface area contributed by atoms with Gasteiger partial charge in [0.2, 0.25) is 17.7 Å². The molecule has 0 spiro atoms. The Morgan fingerprint density at radius 3 is 2.31 bits per heavy atom. The predicted octanol–water partition coefficient (Wildman–Crippen LogP) is 2.48. The van der Waals surface area contributed by atoms with E-state index < -0.39 is 6.61 Å². The molecular weight excluding hydrogens is 384 g/mol. The van der Waals surface area contributed by atoms with Crippen LogP contribution in [0.15, 0.2) is 24.3 Å². The number of alkyl halides is 2. The summed E-state index contributed by atoms with van der Waals surface area (Å²) in [6.07, 6.45) is 2.59. The maximum Gasteiger partial charge on any atom is 0.387 e. The molecular formula is C20H25F2N3O4. The molecule has 1 atom stereocenters. The number of amides is 3. The van der Waals surface area contributed by atoms with E-state index >= 15 is 0 Å². The lowest BCUT2D eigenvalue weighted by Crippen LogP contribution is -2.50. The summed E-state index contributed by atoms with van der Waals surface area (Å²) >= 11 is 0. The Morgan fingerprint density at radius 2 is 1.72 bits per heavy atom. The molecule has 158 valence electrons. The highest BCUT2D eigenvalue weighted by molar-refractivity contribution is 5.93. The average molecular weight is 409 g/mol. The Bertz CT molecular complexity index is 749. The second kappa shape index (κ2) is 9.19. The van der Waals surface area contributed by atoms with Crippen molar-refractivity contribution in [2.75, 3.05) is 25.0 Å². The molecule has 2 saturated heterocycles. The van der Waals surface area contributed by atoms with Gasteiger partial charge in [0.15, 0.2) is 0 Å². The van der Waals surface area contributed by atoms with Crippen LogP contribution in [0, 0.1) is 5.92 Å². The van der Waals surface area contributed by atoms with Crippen LogP contribution in [0.3, 0.4) is 0 Å². The number of nitrogens with zero attached hydrogens (tertiary/aromatic N) is 2. The molecule has 2 fully saturated rings. The minimum Gasteiger partial charge on any atom is -0.435 e. The fourth-order valence-electron chi connectivity index (χ4n) is 3.94. The zero-order chi connectivity index (χ0) is 21.0. The molecule has 0 unspecified atom stereocenters. The molecule has 3 rings (SSSR count). The minimum absolute atomic E-state index is 0.0244. The number of hydrogen-bond donors (Lipinski definition) is 1. The van der Waals surface area contributed by atoms with Gasteiger partial charge in [-0.05, 0) is 49.9 Å². The number of likely N-dealkylation sites (tertiary alicyclic amines) is 2. The first-order valence-corrected chi connectivity index (χ1v) is 9.77. The molecule has 9 heteroatoms. The maximum absolute atomic E-state index is 12.8. The van der Waals surface area contributed by atoms with Gasteiger partial charge >= 0.3 is 6.61 Å². The molecule has 1 aromatic carbocycles. The van der Waals surface area contributed by atoms with Gasteiger partial charge < -0.3 is 19.9 Å². The van der Waals surface area contributed by atoms with Gasteiger partial charge in [-0.3, -0.25) is 14.4 Å². The van der Waals surface area contributed by atoms with E-state index in [0.29, 0.717) is 44.6 Å². The van der Waals surface area contributed by atoms with E-state index in [9.17, 15) is 23.2 Å². The molecule has 0 saturated carbocycles. The quantitative estimate of drug-likeness (QED) is 0.811. The monoisotopic (exact) mass is 409 g/mol. The Labute approximate surface area is 168 Å². The third-order valence-electron chi connectivity index (χ3n) is 5.47. The van der Waals surface area contributed by atoms with Crippen LogP contribution in [0.25, 0.3) is 0 Å². The lowest BCUT2D eigenvalue weighted by molar-refractivity contribution is -0.144. The first-order chi connectivity index (χ1) is 13.8. The molecule has 1 aromatic rings. The zero-order valence-electron chi connectivity index (χ0n) is 16.3. The number of carbonyl (C=O) groups excluding carboxylic acids is 3. The molecule has 0 aromatic heterocycles. The van der Waals surface area contributed by atoms with Crippen LogP contribution in [-0.2, 0) is 14.4 Å². The van der Waals surface area contributed by atoms with Crippen molar-refractivity contribution in [2.24, 2.45) is 5.92 Å². The summed E-state index contributed by atoms with van der Waals surface area (Å²) in [5.41, 5.74) is 0.498. The molecule has 2 aliphatic rings. The molecule has 1 N–H and O–H groups in total. The number of anilines is 1. The van der Waals surface area contributed by atoms with Crippen LogP contribution in [-0.4, -0.2) is 59.8 Å². The van der Waals surface area contributed by atoms with Gasteiger partial charge in [0.25, 0.3) is 0 Å². The van der Waals surface area contributed by atoms with Crippen LogP contribution in [0.1, 0.15) is 32.6 Å². The third kappa shape index (κ3) is 5.21. The summed E-state index contributed by atoms with van der Waals surface area (Å²) in [5.74, 6) is -0.489. The van der Waals surface area contributed by atoms with Crippen molar-refractivity contribution in [3.05, 3.63) is 24.3 Å². The van der Waals surface area contributed by atoms with E-state index in [-0.39, 0.29) is 35.4 Å². The van der Waals surface area contributed by atoms with Crippen molar-refractivity contribution < 1.29 is 27.9 Å². The fourth-order valence-corrected chi connectivity index (χ4v) is 3.94. The number of carbonyl (C=O) groups is 3. The largest absolute Gasteiger partial charge is 0.435 e. The molecule has 29 heavy (non-hydrogen) atoms. The lowest BCUT2D eigenvalue weighted by Gasteiger charge is -2.34. The molecule has 7 nitrogen and oxygen atoms in total. The molecule has 0 bridgehead atoms. The first kappa shape index (κ1) is 21.0. The van der Waals surface area contributed by atoms with Gasteiger partial charge in [-0.1, -0.05) is 0 Å². The molecule has 0 radical (unpaired) electrons. The van der Waals surface area contributed by atoms with Crippen LogP contribution >= 0.6 is 0 Å². The van der Waals surface area contributed by atoms with E-state index in [2.05, 4.69) is 10.1 Å². The summed E-state index contributed by atoms with van der Waals surface area (Å²) in [7, 11) is 0. The SMILES string of the molecule is CC(=O)N1CCC[C@@H]1C(=O)N1CCC(C(=O)Nc2ccc(OC(F)F)cc2)CC1. The van der Waals surface area contributed by atoms with Crippen molar-refractivity contribution in [3.8, 4) is 5.75 Å². The minimum atomic E-state index is -2.89. The molecule has 2 heterocycles. The summed E-state index contributed by atoms with van der Waals surface area (Å²) in [5, 5.41) is 2.78. The van der Waals surface area contributed by atoms with Crippen LogP contribution in [0.4, 0.5) is 14.5 Å². The van der Waals surface area contributed by atoms with Gasteiger partial charge in [0.1, 0.15) is 11.8 Å². The summed E-state index contributed by atoms with van der Waals surface area (Å²) < 4.78 is 28.6. The third-order valence-corrected chi connectivity index (χ3v) is 5.47. The van der Waals surface area contributed by atoms with Crippen molar-refractivity contribution >= 4 is 23.4 Å². The van der Waals surface area contributed by atoms with Crippen LogP contribution in [0.2, 0.25) is 0 Å². The van der Waals surface area contributed by atoms with Crippen LogP contribution < -0.4 is 10.1 Å². The van der Waals surface area contributed by atoms with Crippen molar-refractivity contribution in [1.82, 2.24) is 9.80 Å². The van der Waals surface area contributed by atoms with E-state index in [4.69, 9.17) is 0 Å². The van der Waals surface area contributed by atoms with E-state index in [0.717, 1.165) is 6.42 Å². The van der Waals surface area contributed by atoms with E-state index in [1.807, 2.05) is 0 Å². The van der Waals surface area contributed by atoms with Crippen molar-refractivity contribution in [2.45, 2.75) is 45.3 Å². The topological polar surface area (TPSA) is 79.0 Å². The van der Waals surface area contributed by atoms with Crippen molar-refractivity contribution in [1.29, 1.82) is 0 Å². The highest BCUT2D eigenvalue weighted by atomic mass is 19.3. The fraction of sp³-hybridized carbons (Fsp3) is 0.550. The number of piperidine rings is 1. The van der Waals surface area contributed by atoms with Gasteiger partial charge in [-0.15, -0.1) is 0 Å². The zero-order valence-corrected chi connectivity index (χ0v) is 16.3. The number of halogens is 2. The van der Waals surface area contributed by atoms with Crippen molar-refractivity contribution in [3.63, 3.8) is 0 Å². The Balaban J connectivity index is 1.49.